The minimum Gasteiger partial charge on any atom is -0.491 e. The van der Waals surface area contributed by atoms with E-state index in [-0.39, 0.29) is 24.1 Å². The van der Waals surface area contributed by atoms with E-state index in [4.69, 9.17) is 4.74 Å². The Balaban J connectivity index is 1.51. The average Bonchev–Trinajstić information content (AvgIpc) is 2.92. The van der Waals surface area contributed by atoms with Gasteiger partial charge in [0.25, 0.3) is 0 Å². The monoisotopic (exact) mass is 304 g/mol. The van der Waals surface area contributed by atoms with Crippen molar-refractivity contribution in [2.45, 2.75) is 37.8 Å². The number of nitrogens with zero attached hydrogens (tertiary/aromatic N) is 1. The molecule has 1 saturated carbocycles. The van der Waals surface area contributed by atoms with Crippen LogP contribution >= 0.6 is 0 Å². The maximum atomic E-state index is 12.3. The molecule has 1 aliphatic heterocycles. The highest BCUT2D eigenvalue weighted by Crippen LogP contribution is 2.26. The molecule has 22 heavy (non-hydrogen) atoms. The van der Waals surface area contributed by atoms with Crippen LogP contribution in [0.3, 0.4) is 0 Å². The molecule has 0 aromatic heterocycles. The number of amides is 2. The van der Waals surface area contributed by atoms with Gasteiger partial charge in [0.1, 0.15) is 12.4 Å². The van der Waals surface area contributed by atoms with E-state index in [0.29, 0.717) is 13.2 Å². The molecule has 1 heterocycles. The number of nitrogens with one attached hydrogen (secondary N) is 1. The number of urea groups is 1. The highest BCUT2D eigenvalue weighted by molar-refractivity contribution is 5.74. The van der Waals surface area contributed by atoms with Crippen molar-refractivity contribution in [1.29, 1.82) is 0 Å². The normalized spacial score (nSPS) is 26.9. The van der Waals surface area contributed by atoms with Crippen LogP contribution in [0.15, 0.2) is 24.3 Å². The van der Waals surface area contributed by atoms with Crippen LogP contribution in [0, 0.1) is 5.92 Å². The van der Waals surface area contributed by atoms with Crippen LogP contribution in [0.2, 0.25) is 0 Å². The fourth-order valence-corrected chi connectivity index (χ4v) is 3.37. The molecule has 3 unspecified atom stereocenters. The summed E-state index contributed by atoms with van der Waals surface area (Å²) in [6, 6.07) is 7.84. The molecule has 2 N–H and O–H groups in total. The third kappa shape index (κ3) is 3.35. The van der Waals surface area contributed by atoms with E-state index in [1.165, 1.54) is 0 Å². The van der Waals surface area contributed by atoms with Crippen molar-refractivity contribution >= 4 is 6.03 Å². The summed E-state index contributed by atoms with van der Waals surface area (Å²) in [5, 5.41) is 12.9. The van der Waals surface area contributed by atoms with Gasteiger partial charge in [-0.2, -0.15) is 0 Å². The van der Waals surface area contributed by atoms with Gasteiger partial charge in [-0.1, -0.05) is 24.6 Å². The maximum absolute atomic E-state index is 12.3. The maximum Gasteiger partial charge on any atom is 0.317 e. The van der Waals surface area contributed by atoms with E-state index in [0.717, 1.165) is 37.0 Å². The lowest BCUT2D eigenvalue weighted by Gasteiger charge is -2.29. The predicted molar refractivity (Wildman–Crippen MR) is 83.9 cm³/mol. The Labute approximate surface area is 131 Å². The van der Waals surface area contributed by atoms with E-state index in [2.05, 4.69) is 5.32 Å². The number of ether oxygens (including phenoxy) is 1. The number of hydrogen-bond acceptors (Lipinski definition) is 3. The molecule has 3 rings (SSSR count). The van der Waals surface area contributed by atoms with E-state index in [1.807, 2.05) is 24.3 Å². The van der Waals surface area contributed by atoms with E-state index in [1.54, 1.807) is 11.9 Å². The van der Waals surface area contributed by atoms with Gasteiger partial charge in [0.05, 0.1) is 12.1 Å². The molecule has 5 heteroatoms. The summed E-state index contributed by atoms with van der Waals surface area (Å²) in [5.74, 6) is 1.12. The lowest BCUT2D eigenvalue weighted by Crippen LogP contribution is -2.49. The summed E-state index contributed by atoms with van der Waals surface area (Å²) in [6.45, 7) is 1.11. The van der Waals surface area contributed by atoms with Gasteiger partial charge in [0, 0.05) is 19.5 Å². The second-order valence-corrected chi connectivity index (χ2v) is 6.41. The van der Waals surface area contributed by atoms with Crippen molar-refractivity contribution in [2.75, 3.05) is 20.2 Å². The van der Waals surface area contributed by atoms with Crippen LogP contribution < -0.4 is 10.1 Å². The summed E-state index contributed by atoms with van der Waals surface area (Å²) in [5.41, 5.74) is 1.13. The first-order valence-electron chi connectivity index (χ1n) is 8.04. The highest BCUT2D eigenvalue weighted by Gasteiger charge is 2.28. The lowest BCUT2D eigenvalue weighted by atomic mass is 10.0. The molecule has 3 atom stereocenters. The Morgan fingerprint density at radius 2 is 2.23 bits per heavy atom. The second-order valence-electron chi connectivity index (χ2n) is 6.41. The van der Waals surface area contributed by atoms with Crippen molar-refractivity contribution in [1.82, 2.24) is 10.2 Å². The van der Waals surface area contributed by atoms with Gasteiger partial charge in [-0.05, 0) is 30.9 Å². The zero-order chi connectivity index (χ0) is 15.5. The van der Waals surface area contributed by atoms with E-state index in [9.17, 15) is 9.90 Å². The van der Waals surface area contributed by atoms with Gasteiger partial charge in [-0.3, -0.25) is 0 Å². The standard InChI is InChI=1S/C17H24N2O3/c1-19(10-13-6-4-7-15(13)20)17(21)18-14-9-12-5-2-3-8-16(12)22-11-14/h2-3,5,8,13-15,20H,4,6-7,9-11H2,1H3,(H,18,21). The molecule has 1 aromatic rings. The van der Waals surface area contributed by atoms with Crippen molar-refractivity contribution in [2.24, 2.45) is 5.92 Å². The number of aliphatic hydroxyl groups is 1. The third-order valence-electron chi connectivity index (χ3n) is 4.68. The number of hydrogen-bond donors (Lipinski definition) is 2. The molecule has 1 aromatic carbocycles. The number of para-hydroxylation sites is 1. The molecule has 1 fully saturated rings. The van der Waals surface area contributed by atoms with Crippen LogP contribution in [-0.2, 0) is 6.42 Å². The molecular formula is C17H24N2O3. The number of rotatable bonds is 3. The fourth-order valence-electron chi connectivity index (χ4n) is 3.37. The summed E-state index contributed by atoms with van der Waals surface area (Å²) in [6.07, 6.45) is 3.43. The smallest absolute Gasteiger partial charge is 0.317 e. The largest absolute Gasteiger partial charge is 0.491 e. The first-order chi connectivity index (χ1) is 10.6. The number of aliphatic hydroxyl groups excluding tert-OH is 1. The summed E-state index contributed by atoms with van der Waals surface area (Å²) in [4.78, 5) is 14.0. The van der Waals surface area contributed by atoms with Crippen LogP contribution in [0.5, 0.6) is 5.75 Å². The zero-order valence-electron chi connectivity index (χ0n) is 13.0. The van der Waals surface area contributed by atoms with Gasteiger partial charge in [0.2, 0.25) is 0 Å². The first-order valence-corrected chi connectivity index (χ1v) is 8.04. The second kappa shape index (κ2) is 6.57. The Morgan fingerprint density at radius 3 is 3.00 bits per heavy atom. The van der Waals surface area contributed by atoms with E-state index < -0.39 is 0 Å². The molecule has 0 bridgehead atoms. The minimum absolute atomic E-state index is 0.00153. The number of benzene rings is 1. The van der Waals surface area contributed by atoms with Gasteiger partial charge >= 0.3 is 6.03 Å². The Kier molecular flexibility index (Phi) is 4.52. The molecule has 120 valence electrons. The van der Waals surface area contributed by atoms with Gasteiger partial charge in [0.15, 0.2) is 0 Å². The molecule has 2 amide bonds. The van der Waals surface area contributed by atoms with Crippen LogP contribution in [0.1, 0.15) is 24.8 Å². The number of carbonyl (C=O) groups is 1. The van der Waals surface area contributed by atoms with Crippen LogP contribution in [0.4, 0.5) is 4.79 Å². The number of fused-ring (bicyclic) bond motifs is 1. The number of carbonyl (C=O) groups excluding carboxylic acids is 1. The fraction of sp³-hybridized carbons (Fsp3) is 0.588. The summed E-state index contributed by atoms with van der Waals surface area (Å²) >= 11 is 0. The molecule has 2 aliphatic rings. The van der Waals surface area contributed by atoms with E-state index >= 15 is 0 Å². The molecular weight excluding hydrogens is 280 g/mol. The van der Waals surface area contributed by atoms with Gasteiger partial charge in [-0.25, -0.2) is 4.79 Å². The third-order valence-corrected chi connectivity index (χ3v) is 4.68. The summed E-state index contributed by atoms with van der Waals surface area (Å²) in [7, 11) is 1.79. The Bertz CT molecular complexity index is 534. The molecule has 0 saturated heterocycles. The molecule has 5 nitrogen and oxygen atoms in total. The van der Waals surface area contributed by atoms with Crippen molar-refractivity contribution in [3.05, 3.63) is 29.8 Å². The minimum atomic E-state index is -0.264. The molecule has 0 radical (unpaired) electrons. The molecule has 1 aliphatic carbocycles. The predicted octanol–water partition coefficient (Wildman–Crippen LogP) is 1.79. The quantitative estimate of drug-likeness (QED) is 0.895. The van der Waals surface area contributed by atoms with Crippen molar-refractivity contribution in [3.63, 3.8) is 0 Å². The van der Waals surface area contributed by atoms with Crippen LogP contribution in [-0.4, -0.2) is 48.4 Å². The highest BCUT2D eigenvalue weighted by atomic mass is 16.5. The lowest BCUT2D eigenvalue weighted by molar-refractivity contribution is 0.112. The topological polar surface area (TPSA) is 61.8 Å². The van der Waals surface area contributed by atoms with Gasteiger partial charge < -0.3 is 20.1 Å². The summed E-state index contributed by atoms with van der Waals surface area (Å²) < 4.78 is 5.69. The zero-order valence-corrected chi connectivity index (χ0v) is 13.0. The van der Waals surface area contributed by atoms with Crippen molar-refractivity contribution < 1.29 is 14.6 Å². The van der Waals surface area contributed by atoms with Gasteiger partial charge in [-0.15, -0.1) is 0 Å². The SMILES string of the molecule is CN(CC1CCCC1O)C(=O)NC1COc2ccccc2C1. The average molecular weight is 304 g/mol. The molecule has 0 spiro atoms. The Hall–Kier alpha value is -1.75. The first kappa shape index (κ1) is 15.2. The Morgan fingerprint density at radius 1 is 1.41 bits per heavy atom. The van der Waals surface area contributed by atoms with Crippen molar-refractivity contribution in [3.8, 4) is 5.75 Å². The van der Waals surface area contributed by atoms with Crippen LogP contribution in [0.25, 0.3) is 0 Å².